The van der Waals surface area contributed by atoms with E-state index in [2.05, 4.69) is 70.7 Å². The van der Waals surface area contributed by atoms with Gasteiger partial charge in [-0.15, -0.1) is 0 Å². The molecule has 1 aliphatic heterocycles. The number of likely N-dealkylation sites (tertiary alicyclic amines) is 1. The molecule has 0 radical (unpaired) electrons. The Morgan fingerprint density at radius 3 is 2.41 bits per heavy atom. The van der Waals surface area contributed by atoms with Gasteiger partial charge in [-0.05, 0) is 86.7 Å². The lowest BCUT2D eigenvalue weighted by Gasteiger charge is -2.33. The van der Waals surface area contributed by atoms with Crippen LogP contribution in [-0.4, -0.2) is 48.1 Å². The Kier molecular flexibility index (Phi) is 8.52. The lowest BCUT2D eigenvalue weighted by atomic mass is 9.90. The van der Waals surface area contributed by atoms with E-state index in [9.17, 15) is 5.11 Å². The molecule has 1 N–H and O–H groups in total. The number of aliphatic hydroxyl groups excluding tert-OH is 1. The first-order valence-corrected chi connectivity index (χ1v) is 12.2. The first-order chi connectivity index (χ1) is 15.8. The standard InChI is InChI=1S/C28H36N2O2/c31-27(21-30-17-15-25(16-18-30)19-23-9-3-1-4-10-23)22-32-29-28-14-8-7-13-26(28)20-24-11-5-2-6-12-24/h1-6,9-12,20,25,27,31H,7-8,13-19,21-22H2/b26-20+,29-28?/t27-/m0/s1. The van der Waals surface area contributed by atoms with Crippen molar-refractivity contribution in [2.45, 2.75) is 51.0 Å². The van der Waals surface area contributed by atoms with Crippen molar-refractivity contribution in [1.82, 2.24) is 4.90 Å². The third-order valence-corrected chi connectivity index (χ3v) is 6.61. The molecule has 1 heterocycles. The zero-order chi connectivity index (χ0) is 22.0. The number of hydrogen-bond donors (Lipinski definition) is 1. The number of benzene rings is 2. The van der Waals surface area contributed by atoms with Crippen LogP contribution < -0.4 is 0 Å². The van der Waals surface area contributed by atoms with Crippen LogP contribution in [0.25, 0.3) is 6.08 Å². The minimum Gasteiger partial charge on any atom is -0.393 e. The van der Waals surface area contributed by atoms with Gasteiger partial charge in [0.2, 0.25) is 0 Å². The third kappa shape index (κ3) is 7.04. The maximum absolute atomic E-state index is 10.5. The summed E-state index contributed by atoms with van der Waals surface area (Å²) in [6, 6.07) is 21.2. The summed E-state index contributed by atoms with van der Waals surface area (Å²) >= 11 is 0. The number of nitrogens with zero attached hydrogens (tertiary/aromatic N) is 2. The van der Waals surface area contributed by atoms with Crippen LogP contribution in [0.3, 0.4) is 0 Å². The number of allylic oxidation sites excluding steroid dienone is 1. The molecule has 0 spiro atoms. The highest BCUT2D eigenvalue weighted by atomic mass is 16.6. The van der Waals surface area contributed by atoms with Crippen LogP contribution in [0, 0.1) is 5.92 Å². The van der Waals surface area contributed by atoms with Gasteiger partial charge in [0, 0.05) is 6.54 Å². The predicted octanol–water partition coefficient (Wildman–Crippen LogP) is 5.33. The maximum Gasteiger partial charge on any atom is 0.144 e. The highest BCUT2D eigenvalue weighted by Gasteiger charge is 2.21. The molecule has 2 aromatic carbocycles. The molecule has 4 rings (SSSR count). The van der Waals surface area contributed by atoms with Crippen LogP contribution in [0.5, 0.6) is 0 Å². The smallest absolute Gasteiger partial charge is 0.144 e. The van der Waals surface area contributed by atoms with Gasteiger partial charge < -0.3 is 14.8 Å². The number of aliphatic hydroxyl groups is 1. The van der Waals surface area contributed by atoms with Gasteiger partial charge in [0.1, 0.15) is 12.7 Å². The monoisotopic (exact) mass is 432 g/mol. The lowest BCUT2D eigenvalue weighted by Crippen LogP contribution is -2.40. The second-order valence-electron chi connectivity index (χ2n) is 9.21. The van der Waals surface area contributed by atoms with Gasteiger partial charge in [-0.3, -0.25) is 0 Å². The van der Waals surface area contributed by atoms with Crippen LogP contribution in [-0.2, 0) is 11.3 Å². The number of rotatable bonds is 8. The summed E-state index contributed by atoms with van der Waals surface area (Å²) in [4.78, 5) is 7.98. The van der Waals surface area contributed by atoms with Crippen molar-refractivity contribution in [1.29, 1.82) is 0 Å². The van der Waals surface area contributed by atoms with Gasteiger partial charge in [0.25, 0.3) is 0 Å². The van der Waals surface area contributed by atoms with Gasteiger partial charge in [0.15, 0.2) is 0 Å². The molecule has 0 unspecified atom stereocenters. The molecule has 4 heteroatoms. The Hall–Kier alpha value is -2.43. The van der Waals surface area contributed by atoms with Gasteiger partial charge >= 0.3 is 0 Å². The number of β-amino-alcohol motifs (C(OH)–C–C–N with tert-alkyl or cyclic N) is 1. The van der Waals surface area contributed by atoms with Crippen molar-refractivity contribution in [3.05, 3.63) is 77.4 Å². The number of oxime groups is 1. The van der Waals surface area contributed by atoms with Gasteiger partial charge in [-0.2, -0.15) is 0 Å². The molecular weight excluding hydrogens is 396 g/mol. The van der Waals surface area contributed by atoms with Crippen LogP contribution in [0.4, 0.5) is 0 Å². The fourth-order valence-electron chi connectivity index (χ4n) is 4.80. The third-order valence-electron chi connectivity index (χ3n) is 6.61. The van der Waals surface area contributed by atoms with Gasteiger partial charge in [0.05, 0.1) is 5.71 Å². The highest BCUT2D eigenvalue weighted by Crippen LogP contribution is 2.24. The minimum atomic E-state index is -0.504. The molecule has 0 aromatic heterocycles. The fourth-order valence-corrected chi connectivity index (χ4v) is 4.80. The topological polar surface area (TPSA) is 45.1 Å². The van der Waals surface area contributed by atoms with Crippen molar-refractivity contribution in [2.24, 2.45) is 11.1 Å². The first-order valence-electron chi connectivity index (χ1n) is 12.2. The molecule has 1 saturated carbocycles. The summed E-state index contributed by atoms with van der Waals surface area (Å²) in [5.74, 6) is 0.745. The Bertz CT molecular complexity index is 871. The van der Waals surface area contributed by atoms with E-state index in [1.165, 1.54) is 36.0 Å². The Labute approximate surface area is 192 Å². The minimum absolute atomic E-state index is 0.256. The van der Waals surface area contributed by atoms with Crippen LogP contribution in [0.2, 0.25) is 0 Å². The second kappa shape index (κ2) is 12.0. The maximum atomic E-state index is 10.5. The molecule has 1 saturated heterocycles. The van der Waals surface area contributed by atoms with Crippen molar-refractivity contribution in [3.63, 3.8) is 0 Å². The van der Waals surface area contributed by atoms with Gasteiger partial charge in [-0.1, -0.05) is 65.8 Å². The molecule has 32 heavy (non-hydrogen) atoms. The van der Waals surface area contributed by atoms with E-state index in [1.807, 2.05) is 6.07 Å². The quantitative estimate of drug-likeness (QED) is 0.573. The summed E-state index contributed by atoms with van der Waals surface area (Å²) in [7, 11) is 0. The molecule has 2 aliphatic rings. The van der Waals surface area contributed by atoms with Crippen LogP contribution in [0.1, 0.15) is 49.7 Å². The van der Waals surface area contributed by atoms with E-state index in [0.29, 0.717) is 6.54 Å². The van der Waals surface area contributed by atoms with Crippen molar-refractivity contribution in [3.8, 4) is 0 Å². The molecule has 2 aromatic rings. The molecule has 2 fully saturated rings. The fraction of sp³-hybridized carbons (Fsp3) is 0.464. The lowest BCUT2D eigenvalue weighted by molar-refractivity contribution is 0.0125. The van der Waals surface area contributed by atoms with Crippen LogP contribution >= 0.6 is 0 Å². The van der Waals surface area contributed by atoms with Gasteiger partial charge in [-0.25, -0.2) is 0 Å². The molecule has 170 valence electrons. The Morgan fingerprint density at radius 1 is 0.969 bits per heavy atom. The zero-order valence-corrected chi connectivity index (χ0v) is 19.0. The number of piperidine rings is 1. The molecule has 1 aliphatic carbocycles. The van der Waals surface area contributed by atoms with E-state index >= 15 is 0 Å². The van der Waals surface area contributed by atoms with E-state index in [1.54, 1.807) is 0 Å². The highest BCUT2D eigenvalue weighted by molar-refractivity contribution is 6.03. The zero-order valence-electron chi connectivity index (χ0n) is 19.0. The number of hydrogen-bond acceptors (Lipinski definition) is 4. The molecular formula is C28H36N2O2. The summed E-state index contributed by atoms with van der Waals surface area (Å²) in [5, 5.41) is 14.9. The van der Waals surface area contributed by atoms with E-state index in [4.69, 9.17) is 4.84 Å². The molecule has 4 nitrogen and oxygen atoms in total. The molecule has 0 bridgehead atoms. The van der Waals surface area contributed by atoms with Crippen molar-refractivity contribution in [2.75, 3.05) is 26.2 Å². The molecule has 1 atom stereocenters. The average molecular weight is 433 g/mol. The summed E-state index contributed by atoms with van der Waals surface area (Å²) < 4.78 is 0. The SMILES string of the molecule is O[C@H](CON=C1CCCC/C1=C\c1ccccc1)CN1CCC(Cc2ccccc2)CC1. The summed E-state index contributed by atoms with van der Waals surface area (Å²) in [6.07, 6.45) is 9.59. The predicted molar refractivity (Wildman–Crippen MR) is 132 cm³/mol. The average Bonchev–Trinajstić information content (AvgIpc) is 2.83. The summed E-state index contributed by atoms with van der Waals surface area (Å²) in [6.45, 7) is 3.02. The van der Waals surface area contributed by atoms with Crippen molar-refractivity contribution >= 4 is 11.8 Å². The second-order valence-corrected chi connectivity index (χ2v) is 9.21. The largest absolute Gasteiger partial charge is 0.393 e. The normalized spacial score (nSPS) is 21.7. The Morgan fingerprint density at radius 2 is 1.66 bits per heavy atom. The summed E-state index contributed by atoms with van der Waals surface area (Å²) in [5.41, 5.74) is 4.93. The van der Waals surface area contributed by atoms with Crippen LogP contribution in [0.15, 0.2) is 71.4 Å². The first kappa shape index (κ1) is 22.8. The van der Waals surface area contributed by atoms with Crippen molar-refractivity contribution < 1.29 is 9.94 Å². The van der Waals surface area contributed by atoms with E-state index in [-0.39, 0.29) is 6.61 Å². The van der Waals surface area contributed by atoms with E-state index in [0.717, 1.165) is 50.4 Å². The molecule has 0 amide bonds. The van der Waals surface area contributed by atoms with E-state index < -0.39 is 6.10 Å². The Balaban J connectivity index is 1.20.